The summed E-state index contributed by atoms with van der Waals surface area (Å²) in [5.41, 5.74) is -0.540. The molecular weight excluding hydrogens is 1370 g/mol. The lowest BCUT2D eigenvalue weighted by molar-refractivity contribution is -0.155. The molecule has 0 aromatic heterocycles. The standard InChI is InChI=1S/C82H118O24/c1-5-7-8-9-10-11-12-13-14-35-58-95-70(83)47-25-15-36-59-96-71(84)48-26-16-37-60-97-72(85)49-27-17-38-61-98-73(86)50-28-18-39-62-99-74(87)51-29-19-40-63-100-75(88)52-30-20-41-64-101-76(89)53-31-21-42-65-102-77(90)54-32-22-43-66-103-78(91)55-33-23-44-67-104-79(92)56-34-24-45-68-105-80(93)57-46-69-106-81(94)82(3,4)6-2/h1H,6,15-34,36-57,59-69H2,2-4H3. The minimum absolute atomic E-state index is 0.170. The van der Waals surface area contributed by atoms with E-state index in [0.29, 0.717) is 199 Å². The number of rotatable bonds is 66. The lowest BCUT2D eigenvalue weighted by Gasteiger charge is -2.20. The summed E-state index contributed by atoms with van der Waals surface area (Å²) >= 11 is 0. The van der Waals surface area contributed by atoms with Gasteiger partial charge in [-0.1, -0.05) is 6.92 Å². The highest BCUT2D eigenvalue weighted by molar-refractivity contribution is 5.76. The summed E-state index contributed by atoms with van der Waals surface area (Å²) in [5.74, 6) is 20.1. The van der Waals surface area contributed by atoms with Crippen molar-refractivity contribution in [1.29, 1.82) is 0 Å². The zero-order chi connectivity index (χ0) is 77.9. The van der Waals surface area contributed by atoms with E-state index in [0.717, 1.165) is 6.42 Å². The normalized spacial score (nSPS) is 10.2. The number of hydrogen-bond donors (Lipinski definition) is 0. The molecule has 0 radical (unpaired) electrons. The molecule has 0 amide bonds. The van der Waals surface area contributed by atoms with Crippen LogP contribution in [0.25, 0.3) is 0 Å². The number of carbonyl (C=O) groups is 12. The van der Waals surface area contributed by atoms with Crippen LogP contribution in [0.3, 0.4) is 0 Å². The summed E-state index contributed by atoms with van der Waals surface area (Å²) in [6.07, 6.45) is 30.5. The SMILES string of the molecule is C#CC#CC#CC#CC#CC#COC(=O)CCCCCOC(=O)CCCCCOC(=O)CCCCCOC(=O)CCCCCOC(=O)CCCCCOC(=O)CCCCCOC(=O)CCCCCOC(=O)CCCCCOC(=O)CCCCCOC(=O)CCCCCOC(=O)CCCOC(=O)C(C)(C)CC. The first kappa shape index (κ1) is 97.0. The Morgan fingerprint density at radius 2 is 0.406 bits per heavy atom. The van der Waals surface area contributed by atoms with Crippen LogP contribution in [0.15, 0.2) is 0 Å². The maximum Gasteiger partial charge on any atom is 0.319 e. The summed E-state index contributed by atoms with van der Waals surface area (Å²) in [7, 11) is 0. The first-order chi connectivity index (χ1) is 51.4. The van der Waals surface area contributed by atoms with Gasteiger partial charge in [0.25, 0.3) is 0 Å². The first-order valence-electron chi connectivity index (χ1n) is 38.3. The largest absolute Gasteiger partial charge is 0.466 e. The third kappa shape index (κ3) is 69.4. The third-order valence-corrected chi connectivity index (χ3v) is 15.9. The topological polar surface area (TPSA) is 316 Å². The van der Waals surface area contributed by atoms with Crippen LogP contribution in [0.2, 0.25) is 0 Å². The zero-order valence-corrected chi connectivity index (χ0v) is 63.6. The average molecular weight is 1490 g/mol. The number of carbonyl (C=O) groups excluding carboxylic acids is 12. The molecule has 590 valence electrons. The van der Waals surface area contributed by atoms with E-state index in [4.69, 9.17) is 63.3 Å². The Labute approximate surface area is 630 Å². The second-order valence-electron chi connectivity index (χ2n) is 25.6. The van der Waals surface area contributed by atoms with E-state index in [1.807, 2.05) is 20.8 Å². The quantitative estimate of drug-likeness (QED) is 0.0236. The van der Waals surface area contributed by atoms with Gasteiger partial charge in [-0.15, -0.1) is 6.42 Å². The van der Waals surface area contributed by atoms with E-state index in [2.05, 4.69) is 65.3 Å². The average Bonchev–Trinajstić information content (AvgIpc) is 0.904. The molecule has 0 unspecified atom stereocenters. The predicted octanol–water partition coefficient (Wildman–Crippen LogP) is 12.9. The van der Waals surface area contributed by atoms with Crippen molar-refractivity contribution < 1.29 is 114 Å². The molecule has 0 bridgehead atoms. The number of ether oxygens (including phenoxy) is 12. The van der Waals surface area contributed by atoms with Crippen molar-refractivity contribution >= 4 is 71.6 Å². The molecule has 0 atom stereocenters. The number of esters is 12. The van der Waals surface area contributed by atoms with Gasteiger partial charge in [-0.3, -0.25) is 57.5 Å². The molecule has 0 aliphatic carbocycles. The fourth-order valence-corrected chi connectivity index (χ4v) is 9.20. The molecule has 24 nitrogen and oxygen atoms in total. The van der Waals surface area contributed by atoms with Gasteiger partial charge in [0.05, 0.1) is 78.1 Å². The van der Waals surface area contributed by atoms with Crippen molar-refractivity contribution in [2.24, 2.45) is 5.41 Å². The maximum absolute atomic E-state index is 12.1. The summed E-state index contributed by atoms with van der Waals surface area (Å²) in [6, 6.07) is 0. The Morgan fingerprint density at radius 3 is 0.613 bits per heavy atom. The number of hydrogen-bond acceptors (Lipinski definition) is 24. The molecule has 0 aliphatic rings. The van der Waals surface area contributed by atoms with E-state index in [1.165, 1.54) is 0 Å². The zero-order valence-electron chi connectivity index (χ0n) is 63.6. The minimum atomic E-state index is -0.540. The Bertz CT molecular complexity index is 2920. The molecule has 106 heavy (non-hydrogen) atoms. The van der Waals surface area contributed by atoms with E-state index < -0.39 is 11.4 Å². The Balaban J connectivity index is 3.57. The molecule has 0 aromatic carbocycles. The summed E-state index contributed by atoms with van der Waals surface area (Å²) in [6.45, 7) is 8.47. The second kappa shape index (κ2) is 71.6. The van der Waals surface area contributed by atoms with Gasteiger partial charge in [-0.05, 0) is 249 Å². The van der Waals surface area contributed by atoms with E-state index >= 15 is 0 Å². The molecule has 0 saturated carbocycles. The molecule has 24 heteroatoms. The summed E-state index contributed by atoms with van der Waals surface area (Å²) in [5, 5.41) is 0. The van der Waals surface area contributed by atoms with Gasteiger partial charge in [0, 0.05) is 100 Å². The smallest absolute Gasteiger partial charge is 0.319 e. The monoisotopic (exact) mass is 1490 g/mol. The van der Waals surface area contributed by atoms with Crippen molar-refractivity contribution in [1.82, 2.24) is 0 Å². The predicted molar refractivity (Wildman–Crippen MR) is 392 cm³/mol. The lowest BCUT2D eigenvalue weighted by atomic mass is 9.91. The van der Waals surface area contributed by atoms with Crippen LogP contribution in [0.4, 0.5) is 0 Å². The van der Waals surface area contributed by atoms with E-state index in [1.54, 1.807) is 0 Å². The van der Waals surface area contributed by atoms with Gasteiger partial charge in [-0.2, -0.15) is 0 Å². The van der Waals surface area contributed by atoms with Gasteiger partial charge in [0.1, 0.15) is 6.11 Å². The first-order valence-corrected chi connectivity index (χ1v) is 38.3. The van der Waals surface area contributed by atoms with Crippen LogP contribution in [0, 0.1) is 77.1 Å². The Morgan fingerprint density at radius 1 is 0.226 bits per heavy atom. The fourth-order valence-electron chi connectivity index (χ4n) is 9.20. The number of unbranched alkanes of at least 4 members (excludes halogenated alkanes) is 20. The van der Waals surface area contributed by atoms with Gasteiger partial charge >= 0.3 is 71.6 Å². The number of terminal acetylenes is 1. The van der Waals surface area contributed by atoms with Crippen molar-refractivity contribution in [3.8, 4) is 71.7 Å². The highest BCUT2D eigenvalue weighted by atomic mass is 16.6. The molecule has 0 aromatic rings. The minimum Gasteiger partial charge on any atom is -0.466 e. The molecule has 0 fully saturated rings. The van der Waals surface area contributed by atoms with Gasteiger partial charge in [0.15, 0.2) is 0 Å². The maximum atomic E-state index is 12.1. The molecule has 0 aliphatic heterocycles. The molecule has 0 N–H and O–H groups in total. The fraction of sp³-hybridized carbons (Fsp3) is 0.707. The van der Waals surface area contributed by atoms with Crippen molar-refractivity contribution in [3.63, 3.8) is 0 Å². The van der Waals surface area contributed by atoms with Crippen LogP contribution >= 0.6 is 0 Å². The molecule has 0 heterocycles. The third-order valence-electron chi connectivity index (χ3n) is 15.9. The highest BCUT2D eigenvalue weighted by Crippen LogP contribution is 2.22. The van der Waals surface area contributed by atoms with Crippen molar-refractivity contribution in [2.75, 3.05) is 72.7 Å². The van der Waals surface area contributed by atoms with Gasteiger partial charge in [-0.25, -0.2) is 0 Å². The van der Waals surface area contributed by atoms with Crippen LogP contribution in [-0.4, -0.2) is 144 Å². The van der Waals surface area contributed by atoms with Crippen LogP contribution in [0.5, 0.6) is 0 Å². The molecular formula is C82H118O24. The molecule has 0 saturated heterocycles. The molecule has 0 spiro atoms. The van der Waals surface area contributed by atoms with Crippen LogP contribution in [-0.2, 0) is 114 Å². The second-order valence-corrected chi connectivity index (χ2v) is 25.6. The summed E-state index contributed by atoms with van der Waals surface area (Å²) < 4.78 is 62.8. The van der Waals surface area contributed by atoms with E-state index in [-0.39, 0.29) is 209 Å². The van der Waals surface area contributed by atoms with Crippen molar-refractivity contribution in [3.05, 3.63) is 0 Å². The highest BCUT2D eigenvalue weighted by Gasteiger charge is 2.27. The van der Waals surface area contributed by atoms with Crippen LogP contribution in [0.1, 0.15) is 297 Å². The van der Waals surface area contributed by atoms with E-state index in [9.17, 15) is 57.5 Å². The van der Waals surface area contributed by atoms with Crippen molar-refractivity contribution in [2.45, 2.75) is 297 Å². The lowest BCUT2D eigenvalue weighted by Crippen LogP contribution is -2.26. The van der Waals surface area contributed by atoms with Gasteiger partial charge < -0.3 is 56.8 Å². The van der Waals surface area contributed by atoms with Crippen LogP contribution < -0.4 is 0 Å². The molecule has 0 rings (SSSR count). The Hall–Kier alpha value is -9.00. The Kier molecular flexibility index (Phi) is 65.5. The summed E-state index contributed by atoms with van der Waals surface area (Å²) in [4.78, 5) is 144. The van der Waals surface area contributed by atoms with Gasteiger partial charge in [0.2, 0.25) is 0 Å².